The molecule has 0 saturated heterocycles. The van der Waals surface area contributed by atoms with Crippen LogP contribution in [0.2, 0.25) is 0 Å². The first-order chi connectivity index (χ1) is 6.09. The molecule has 0 saturated carbocycles. The molecule has 2 N–H and O–H groups in total. The van der Waals surface area contributed by atoms with Gasteiger partial charge in [0.25, 0.3) is 0 Å². The molecule has 1 aromatic carbocycles. The SMILES string of the molecule is CC(C)OCc1ccc(N)cc1F. The molecule has 0 fully saturated rings. The fourth-order valence-corrected chi connectivity index (χ4v) is 0.937. The monoisotopic (exact) mass is 183 g/mol. The highest BCUT2D eigenvalue weighted by molar-refractivity contribution is 5.40. The van der Waals surface area contributed by atoms with E-state index in [2.05, 4.69) is 0 Å². The van der Waals surface area contributed by atoms with Gasteiger partial charge < -0.3 is 10.5 Å². The molecular formula is C10H14FNO. The smallest absolute Gasteiger partial charge is 0.130 e. The lowest BCUT2D eigenvalue weighted by Gasteiger charge is -2.08. The zero-order valence-electron chi connectivity index (χ0n) is 7.88. The van der Waals surface area contributed by atoms with E-state index in [9.17, 15) is 4.39 Å². The highest BCUT2D eigenvalue weighted by Gasteiger charge is 2.03. The lowest BCUT2D eigenvalue weighted by Crippen LogP contribution is -2.04. The average Bonchev–Trinajstić information content (AvgIpc) is 2.02. The molecule has 13 heavy (non-hydrogen) atoms. The van der Waals surface area contributed by atoms with Crippen LogP contribution in [-0.4, -0.2) is 6.10 Å². The number of benzene rings is 1. The number of halogens is 1. The average molecular weight is 183 g/mol. The summed E-state index contributed by atoms with van der Waals surface area (Å²) in [6.07, 6.45) is 0.108. The van der Waals surface area contributed by atoms with Gasteiger partial charge in [0.05, 0.1) is 12.7 Å². The summed E-state index contributed by atoms with van der Waals surface area (Å²) in [6, 6.07) is 4.62. The highest BCUT2D eigenvalue weighted by Crippen LogP contribution is 2.13. The minimum atomic E-state index is -0.305. The van der Waals surface area contributed by atoms with Crippen molar-refractivity contribution in [3.05, 3.63) is 29.6 Å². The lowest BCUT2D eigenvalue weighted by atomic mass is 10.2. The molecule has 0 amide bonds. The molecule has 0 atom stereocenters. The van der Waals surface area contributed by atoms with Crippen molar-refractivity contribution in [2.24, 2.45) is 0 Å². The Balaban J connectivity index is 2.67. The van der Waals surface area contributed by atoms with E-state index in [1.807, 2.05) is 13.8 Å². The van der Waals surface area contributed by atoms with E-state index in [0.717, 1.165) is 0 Å². The third-order valence-electron chi connectivity index (χ3n) is 1.65. The van der Waals surface area contributed by atoms with E-state index < -0.39 is 0 Å². The number of ether oxygens (including phenoxy) is 1. The van der Waals surface area contributed by atoms with Crippen molar-refractivity contribution < 1.29 is 9.13 Å². The molecule has 0 aliphatic rings. The van der Waals surface area contributed by atoms with Gasteiger partial charge >= 0.3 is 0 Å². The fourth-order valence-electron chi connectivity index (χ4n) is 0.937. The zero-order valence-corrected chi connectivity index (χ0v) is 7.88. The molecule has 1 aromatic rings. The summed E-state index contributed by atoms with van der Waals surface area (Å²) in [5, 5.41) is 0. The molecule has 0 aliphatic carbocycles. The van der Waals surface area contributed by atoms with Crippen LogP contribution in [0.4, 0.5) is 10.1 Å². The summed E-state index contributed by atoms with van der Waals surface area (Å²) >= 11 is 0. The van der Waals surface area contributed by atoms with Crippen LogP contribution in [0.5, 0.6) is 0 Å². The largest absolute Gasteiger partial charge is 0.399 e. The molecule has 0 radical (unpaired) electrons. The van der Waals surface area contributed by atoms with Gasteiger partial charge in [-0.05, 0) is 26.0 Å². The first-order valence-corrected chi connectivity index (χ1v) is 4.25. The highest BCUT2D eigenvalue weighted by atomic mass is 19.1. The van der Waals surface area contributed by atoms with Gasteiger partial charge in [0.15, 0.2) is 0 Å². The zero-order chi connectivity index (χ0) is 9.84. The molecule has 0 heterocycles. The summed E-state index contributed by atoms with van der Waals surface area (Å²) in [6.45, 7) is 4.12. The summed E-state index contributed by atoms with van der Waals surface area (Å²) in [5.41, 5.74) is 6.38. The minimum absolute atomic E-state index is 0.108. The van der Waals surface area contributed by atoms with Crippen LogP contribution in [0.3, 0.4) is 0 Å². The third kappa shape index (κ3) is 3.03. The lowest BCUT2D eigenvalue weighted by molar-refractivity contribution is 0.0639. The third-order valence-corrected chi connectivity index (χ3v) is 1.65. The van der Waals surface area contributed by atoms with Gasteiger partial charge in [0, 0.05) is 11.3 Å². The van der Waals surface area contributed by atoms with Crippen LogP contribution in [-0.2, 0) is 11.3 Å². The van der Waals surface area contributed by atoms with Crippen LogP contribution in [0, 0.1) is 5.82 Å². The van der Waals surface area contributed by atoms with Crippen LogP contribution in [0.15, 0.2) is 18.2 Å². The topological polar surface area (TPSA) is 35.2 Å². The molecule has 0 aliphatic heterocycles. The van der Waals surface area contributed by atoms with Crippen LogP contribution in [0.25, 0.3) is 0 Å². The minimum Gasteiger partial charge on any atom is -0.399 e. The molecule has 0 spiro atoms. The predicted octanol–water partition coefficient (Wildman–Crippen LogP) is 2.33. The molecular weight excluding hydrogens is 169 g/mol. The van der Waals surface area contributed by atoms with Crippen molar-refractivity contribution in [1.29, 1.82) is 0 Å². The van der Waals surface area contributed by atoms with E-state index in [4.69, 9.17) is 10.5 Å². The number of rotatable bonds is 3. The molecule has 72 valence electrons. The van der Waals surface area contributed by atoms with Gasteiger partial charge in [0.1, 0.15) is 5.82 Å². The number of anilines is 1. The molecule has 1 rings (SSSR count). The van der Waals surface area contributed by atoms with Gasteiger partial charge in [-0.1, -0.05) is 6.07 Å². The molecule has 2 nitrogen and oxygen atoms in total. The Kier molecular flexibility index (Phi) is 3.25. The van der Waals surface area contributed by atoms with Crippen molar-refractivity contribution in [1.82, 2.24) is 0 Å². The normalized spacial score (nSPS) is 10.8. The quantitative estimate of drug-likeness (QED) is 0.730. The predicted molar refractivity (Wildman–Crippen MR) is 50.7 cm³/mol. The second kappa shape index (κ2) is 4.23. The van der Waals surface area contributed by atoms with E-state index in [0.29, 0.717) is 17.9 Å². The molecule has 0 bridgehead atoms. The standard InChI is InChI=1S/C10H14FNO/c1-7(2)13-6-8-3-4-9(12)5-10(8)11/h3-5,7H,6,12H2,1-2H3. The maximum Gasteiger partial charge on any atom is 0.130 e. The Bertz CT molecular complexity index is 286. The second-order valence-electron chi connectivity index (χ2n) is 3.21. The Labute approximate surface area is 77.5 Å². The van der Waals surface area contributed by atoms with E-state index in [1.54, 1.807) is 12.1 Å². The summed E-state index contributed by atoms with van der Waals surface area (Å²) < 4.78 is 18.4. The van der Waals surface area contributed by atoms with Crippen molar-refractivity contribution in [2.75, 3.05) is 5.73 Å². The van der Waals surface area contributed by atoms with Gasteiger partial charge in [-0.15, -0.1) is 0 Å². The number of hydrogen-bond acceptors (Lipinski definition) is 2. The van der Waals surface area contributed by atoms with E-state index >= 15 is 0 Å². The van der Waals surface area contributed by atoms with E-state index in [-0.39, 0.29) is 11.9 Å². The van der Waals surface area contributed by atoms with Crippen LogP contribution < -0.4 is 5.73 Å². The van der Waals surface area contributed by atoms with Gasteiger partial charge in [-0.3, -0.25) is 0 Å². The van der Waals surface area contributed by atoms with Crippen molar-refractivity contribution in [2.45, 2.75) is 26.6 Å². The Hall–Kier alpha value is -1.09. The number of nitrogen functional groups attached to an aromatic ring is 1. The Morgan fingerprint density at radius 3 is 2.69 bits per heavy atom. The molecule has 0 aromatic heterocycles. The van der Waals surface area contributed by atoms with Gasteiger partial charge in [-0.25, -0.2) is 4.39 Å². The van der Waals surface area contributed by atoms with Crippen molar-refractivity contribution >= 4 is 5.69 Å². The second-order valence-corrected chi connectivity index (χ2v) is 3.21. The van der Waals surface area contributed by atoms with Crippen LogP contribution in [0.1, 0.15) is 19.4 Å². The van der Waals surface area contributed by atoms with Gasteiger partial charge in [0.2, 0.25) is 0 Å². The van der Waals surface area contributed by atoms with Crippen molar-refractivity contribution in [3.8, 4) is 0 Å². The summed E-state index contributed by atoms with van der Waals surface area (Å²) in [5.74, 6) is -0.305. The fraction of sp³-hybridized carbons (Fsp3) is 0.400. The number of nitrogens with two attached hydrogens (primary N) is 1. The summed E-state index contributed by atoms with van der Waals surface area (Å²) in [4.78, 5) is 0. The number of hydrogen-bond donors (Lipinski definition) is 1. The first-order valence-electron chi connectivity index (χ1n) is 4.25. The molecule has 0 unspecified atom stereocenters. The first kappa shape index (κ1) is 9.99. The van der Waals surface area contributed by atoms with Crippen LogP contribution >= 0.6 is 0 Å². The van der Waals surface area contributed by atoms with E-state index in [1.165, 1.54) is 6.07 Å². The Morgan fingerprint density at radius 1 is 1.46 bits per heavy atom. The van der Waals surface area contributed by atoms with Crippen molar-refractivity contribution in [3.63, 3.8) is 0 Å². The summed E-state index contributed by atoms with van der Waals surface area (Å²) in [7, 11) is 0. The maximum atomic E-state index is 13.1. The van der Waals surface area contributed by atoms with Gasteiger partial charge in [-0.2, -0.15) is 0 Å². The maximum absolute atomic E-state index is 13.1. The molecule has 3 heteroatoms. The Morgan fingerprint density at radius 2 is 2.15 bits per heavy atom.